The summed E-state index contributed by atoms with van der Waals surface area (Å²) in [6.45, 7) is 7.50. The van der Waals surface area contributed by atoms with Crippen LogP contribution in [0.15, 0.2) is 24.3 Å². The van der Waals surface area contributed by atoms with E-state index in [1.54, 1.807) is 0 Å². The number of carbonyl (C=O) groups excluding carboxylic acids is 1. The average molecular weight is 589 g/mol. The molecule has 0 atom stereocenters. The molecule has 0 saturated heterocycles. The van der Waals surface area contributed by atoms with Crippen molar-refractivity contribution in [2.24, 2.45) is 0 Å². The van der Waals surface area contributed by atoms with E-state index in [4.69, 9.17) is 0 Å². The van der Waals surface area contributed by atoms with E-state index in [1.165, 1.54) is 167 Å². The summed E-state index contributed by atoms with van der Waals surface area (Å²) < 4.78 is 0. The van der Waals surface area contributed by atoms with Gasteiger partial charge in [0, 0.05) is 13.0 Å². The molecule has 0 rings (SSSR count). The van der Waals surface area contributed by atoms with Crippen molar-refractivity contribution < 1.29 is 4.79 Å². The quantitative estimate of drug-likeness (QED) is 0.0571. The molecule has 0 aliphatic carbocycles. The van der Waals surface area contributed by atoms with Crippen LogP contribution in [-0.2, 0) is 4.79 Å². The van der Waals surface area contributed by atoms with E-state index < -0.39 is 0 Å². The van der Waals surface area contributed by atoms with Crippen molar-refractivity contribution in [2.45, 2.75) is 200 Å². The van der Waals surface area contributed by atoms with Gasteiger partial charge < -0.3 is 10.6 Å². The van der Waals surface area contributed by atoms with Crippen LogP contribution in [-0.4, -0.2) is 25.5 Å². The first-order chi connectivity index (χ1) is 20.8. The molecule has 0 saturated carbocycles. The second-order valence-electron chi connectivity index (χ2n) is 12.7. The van der Waals surface area contributed by atoms with Crippen molar-refractivity contribution in [2.75, 3.05) is 19.6 Å². The Hall–Kier alpha value is -1.09. The third-order valence-corrected chi connectivity index (χ3v) is 8.38. The Balaban J connectivity index is 3.21. The summed E-state index contributed by atoms with van der Waals surface area (Å²) >= 11 is 0. The smallest absolute Gasteiger partial charge is 0.219 e. The zero-order valence-corrected chi connectivity index (χ0v) is 28.8. The fourth-order valence-corrected chi connectivity index (χ4v) is 5.51. The average Bonchev–Trinajstić information content (AvgIpc) is 3.00. The van der Waals surface area contributed by atoms with Gasteiger partial charge in [-0.25, -0.2) is 0 Å². The molecule has 0 radical (unpaired) electrons. The van der Waals surface area contributed by atoms with Crippen LogP contribution in [0.3, 0.4) is 0 Å². The van der Waals surface area contributed by atoms with Gasteiger partial charge in [-0.1, -0.05) is 147 Å². The fraction of sp³-hybridized carbons (Fsp3) is 0.872. The monoisotopic (exact) mass is 589 g/mol. The predicted molar refractivity (Wildman–Crippen MR) is 189 cm³/mol. The van der Waals surface area contributed by atoms with Crippen molar-refractivity contribution in [3.63, 3.8) is 0 Å². The van der Waals surface area contributed by atoms with E-state index in [-0.39, 0.29) is 5.91 Å². The van der Waals surface area contributed by atoms with E-state index in [2.05, 4.69) is 48.8 Å². The maximum absolute atomic E-state index is 12.0. The Bertz CT molecular complexity index is 571. The number of nitrogens with one attached hydrogen (secondary N) is 2. The lowest BCUT2D eigenvalue weighted by atomic mass is 10.1. The molecular weight excluding hydrogens is 512 g/mol. The number of allylic oxidation sites excluding steroid dienone is 4. The van der Waals surface area contributed by atoms with Crippen molar-refractivity contribution in [1.29, 1.82) is 0 Å². The molecule has 0 bridgehead atoms. The Morgan fingerprint density at radius 2 is 0.762 bits per heavy atom. The lowest BCUT2D eigenvalue weighted by molar-refractivity contribution is -0.121. The third-order valence-electron chi connectivity index (χ3n) is 8.38. The first-order valence-electron chi connectivity index (χ1n) is 19.1. The summed E-state index contributed by atoms with van der Waals surface area (Å²) in [5.41, 5.74) is 0. The fourth-order valence-electron chi connectivity index (χ4n) is 5.51. The molecule has 3 nitrogen and oxygen atoms in total. The molecule has 0 aliphatic heterocycles. The molecule has 248 valence electrons. The molecule has 0 heterocycles. The van der Waals surface area contributed by atoms with Crippen LogP contribution in [0.5, 0.6) is 0 Å². The van der Waals surface area contributed by atoms with Gasteiger partial charge in [0.25, 0.3) is 0 Å². The molecule has 2 N–H and O–H groups in total. The molecule has 42 heavy (non-hydrogen) atoms. The van der Waals surface area contributed by atoms with E-state index in [0.717, 1.165) is 32.5 Å². The van der Waals surface area contributed by atoms with Crippen LogP contribution in [0, 0.1) is 0 Å². The van der Waals surface area contributed by atoms with Crippen LogP contribution < -0.4 is 10.6 Å². The molecule has 3 heteroatoms. The molecule has 1 amide bonds. The minimum atomic E-state index is 0.237. The maximum Gasteiger partial charge on any atom is 0.219 e. The van der Waals surface area contributed by atoms with Crippen LogP contribution in [0.25, 0.3) is 0 Å². The highest BCUT2D eigenvalue weighted by Gasteiger charge is 2.00. The number of hydrogen-bond donors (Lipinski definition) is 2. The van der Waals surface area contributed by atoms with E-state index in [0.29, 0.717) is 6.42 Å². The first kappa shape index (κ1) is 40.9. The second kappa shape index (κ2) is 37.9. The predicted octanol–water partition coefficient (Wildman–Crippen LogP) is 12.2. The van der Waals surface area contributed by atoms with Gasteiger partial charge in [0.2, 0.25) is 5.91 Å². The van der Waals surface area contributed by atoms with Gasteiger partial charge in [0.15, 0.2) is 0 Å². The first-order valence-corrected chi connectivity index (χ1v) is 19.1. The lowest BCUT2D eigenvalue weighted by Gasteiger charge is -2.07. The number of amides is 1. The number of hydrogen-bond acceptors (Lipinski definition) is 2. The molecular formula is C39H76N2O. The molecule has 0 fully saturated rings. The molecule has 0 aromatic heterocycles. The standard InChI is InChI=1S/C39H76N2O/c1-3-5-7-9-11-13-15-17-19-21-23-25-27-29-31-33-36-40-37-34-38-41-39(42)35-32-30-28-26-24-22-20-18-16-14-12-10-8-6-4-2/h17-20,40H,3-16,21-38H2,1-2H3,(H,41,42)/b19-17+,20-18-. The summed E-state index contributed by atoms with van der Waals surface area (Å²) in [5.74, 6) is 0.237. The van der Waals surface area contributed by atoms with Crippen molar-refractivity contribution in [1.82, 2.24) is 10.6 Å². The Kier molecular flexibility index (Phi) is 37.0. The summed E-state index contributed by atoms with van der Waals surface area (Å²) in [5, 5.41) is 6.64. The maximum atomic E-state index is 12.0. The van der Waals surface area contributed by atoms with Crippen LogP contribution in [0.2, 0.25) is 0 Å². The van der Waals surface area contributed by atoms with E-state index in [9.17, 15) is 4.79 Å². The minimum Gasteiger partial charge on any atom is -0.356 e. The molecule has 0 spiro atoms. The van der Waals surface area contributed by atoms with Gasteiger partial charge in [-0.3, -0.25) is 4.79 Å². The molecule has 0 unspecified atom stereocenters. The van der Waals surface area contributed by atoms with Gasteiger partial charge in [-0.05, 0) is 83.7 Å². The van der Waals surface area contributed by atoms with Gasteiger partial charge in [-0.2, -0.15) is 0 Å². The zero-order chi connectivity index (χ0) is 30.4. The van der Waals surface area contributed by atoms with Gasteiger partial charge in [0.05, 0.1) is 0 Å². The molecule has 0 aliphatic rings. The zero-order valence-electron chi connectivity index (χ0n) is 28.8. The summed E-state index contributed by atoms with van der Waals surface area (Å²) in [4.78, 5) is 12.0. The third kappa shape index (κ3) is 36.9. The second-order valence-corrected chi connectivity index (χ2v) is 12.7. The molecule has 0 aromatic carbocycles. The van der Waals surface area contributed by atoms with Crippen molar-refractivity contribution >= 4 is 5.91 Å². The minimum absolute atomic E-state index is 0.237. The Morgan fingerprint density at radius 3 is 1.21 bits per heavy atom. The highest BCUT2D eigenvalue weighted by molar-refractivity contribution is 5.75. The number of rotatable bonds is 35. The Morgan fingerprint density at radius 1 is 0.405 bits per heavy atom. The lowest BCUT2D eigenvalue weighted by Crippen LogP contribution is -2.27. The summed E-state index contributed by atoms with van der Waals surface area (Å²) in [6, 6.07) is 0. The van der Waals surface area contributed by atoms with Gasteiger partial charge in [0.1, 0.15) is 0 Å². The highest BCUT2D eigenvalue weighted by atomic mass is 16.1. The number of carbonyl (C=O) groups is 1. The van der Waals surface area contributed by atoms with Crippen molar-refractivity contribution in [3.05, 3.63) is 24.3 Å². The summed E-state index contributed by atoms with van der Waals surface area (Å²) in [7, 11) is 0. The summed E-state index contributed by atoms with van der Waals surface area (Å²) in [6.07, 6.45) is 47.3. The van der Waals surface area contributed by atoms with Crippen molar-refractivity contribution in [3.8, 4) is 0 Å². The largest absolute Gasteiger partial charge is 0.356 e. The van der Waals surface area contributed by atoms with E-state index in [1.807, 2.05) is 0 Å². The van der Waals surface area contributed by atoms with Crippen LogP contribution >= 0.6 is 0 Å². The van der Waals surface area contributed by atoms with Crippen LogP contribution in [0.4, 0.5) is 0 Å². The highest BCUT2D eigenvalue weighted by Crippen LogP contribution is 2.11. The van der Waals surface area contributed by atoms with Gasteiger partial charge in [-0.15, -0.1) is 0 Å². The SMILES string of the molecule is CCCCCCCC/C=C\CCCCCCCC(=O)NCCCNCCCCCCCC/C=C/CCCCCCCC. The topological polar surface area (TPSA) is 41.1 Å². The normalized spacial score (nSPS) is 11.8. The number of unbranched alkanes of at least 4 members (excludes halogenated alkanes) is 23. The van der Waals surface area contributed by atoms with Crippen LogP contribution in [0.1, 0.15) is 200 Å². The van der Waals surface area contributed by atoms with Gasteiger partial charge >= 0.3 is 0 Å². The Labute approximate surface area is 264 Å². The van der Waals surface area contributed by atoms with E-state index >= 15 is 0 Å². The molecule has 0 aromatic rings.